The molecule has 2 nitrogen and oxygen atoms in total. The summed E-state index contributed by atoms with van der Waals surface area (Å²) < 4.78 is 2.17. The molecular formula is C16H16N2. The van der Waals surface area contributed by atoms with Crippen LogP contribution in [0.15, 0.2) is 47.5 Å². The van der Waals surface area contributed by atoms with Crippen LogP contribution in [0.5, 0.6) is 0 Å². The van der Waals surface area contributed by atoms with Crippen LogP contribution in [0.1, 0.15) is 5.56 Å². The maximum Gasteiger partial charge on any atom is 0.135 e. The van der Waals surface area contributed by atoms with Crippen LogP contribution in [0.3, 0.4) is 0 Å². The number of aromatic nitrogens is 1. The highest BCUT2D eigenvalue weighted by Gasteiger charge is 2.07. The van der Waals surface area contributed by atoms with E-state index in [9.17, 15) is 0 Å². The number of pyridine rings is 1. The number of nitrogens with zero attached hydrogens (tertiary/aromatic N) is 2. The van der Waals surface area contributed by atoms with E-state index in [0.29, 0.717) is 0 Å². The molecule has 0 aliphatic heterocycles. The van der Waals surface area contributed by atoms with Crippen LogP contribution in [-0.2, 0) is 7.05 Å². The Labute approximate surface area is 106 Å². The van der Waals surface area contributed by atoms with E-state index in [0.717, 1.165) is 5.49 Å². The number of benzene rings is 2. The molecule has 0 aliphatic carbocycles. The summed E-state index contributed by atoms with van der Waals surface area (Å²) in [6, 6.07) is 14.9. The van der Waals surface area contributed by atoms with E-state index >= 15 is 0 Å². The fourth-order valence-corrected chi connectivity index (χ4v) is 2.73. The Morgan fingerprint density at radius 2 is 1.67 bits per heavy atom. The number of para-hydroxylation sites is 1. The van der Waals surface area contributed by atoms with Gasteiger partial charge in [-0.2, -0.15) is 0 Å². The molecule has 0 N–H and O–H groups in total. The highest BCUT2D eigenvalue weighted by Crippen LogP contribution is 2.23. The van der Waals surface area contributed by atoms with Gasteiger partial charge in [-0.3, -0.25) is 4.99 Å². The van der Waals surface area contributed by atoms with Gasteiger partial charge >= 0.3 is 0 Å². The van der Waals surface area contributed by atoms with E-state index in [1.54, 1.807) is 0 Å². The number of hydrogen-bond donors (Lipinski definition) is 0. The standard InChI is InChI=1S/C16H16N2/c1-11-7-6-9-13-12-8-4-5-10-14(12)18(3)16(17-2)15(11)13/h4-10H,1-3H3/b17-16+. The maximum absolute atomic E-state index is 4.47. The van der Waals surface area contributed by atoms with Gasteiger partial charge in [0.1, 0.15) is 5.49 Å². The van der Waals surface area contributed by atoms with Crippen molar-refractivity contribution in [3.63, 3.8) is 0 Å². The summed E-state index contributed by atoms with van der Waals surface area (Å²) in [6.45, 7) is 2.14. The number of aryl methyl sites for hydroxylation is 2. The van der Waals surface area contributed by atoms with Gasteiger partial charge in [0, 0.05) is 30.4 Å². The number of hydrogen-bond acceptors (Lipinski definition) is 1. The first-order valence-electron chi connectivity index (χ1n) is 6.14. The molecule has 3 aromatic rings. The smallest absolute Gasteiger partial charge is 0.135 e. The third kappa shape index (κ3) is 1.39. The second-order valence-electron chi connectivity index (χ2n) is 4.62. The number of fused-ring (bicyclic) bond motifs is 3. The van der Waals surface area contributed by atoms with Crippen LogP contribution < -0.4 is 5.49 Å². The van der Waals surface area contributed by atoms with Crippen molar-refractivity contribution in [1.29, 1.82) is 0 Å². The Hall–Kier alpha value is -2.09. The topological polar surface area (TPSA) is 17.3 Å². The lowest BCUT2D eigenvalue weighted by Gasteiger charge is -2.12. The molecule has 0 bridgehead atoms. The first kappa shape index (κ1) is 11.0. The van der Waals surface area contributed by atoms with Gasteiger partial charge in [-0.05, 0) is 23.9 Å². The van der Waals surface area contributed by atoms with Gasteiger partial charge in [0.15, 0.2) is 0 Å². The normalized spacial score (nSPS) is 12.5. The van der Waals surface area contributed by atoms with Crippen LogP contribution >= 0.6 is 0 Å². The summed E-state index contributed by atoms with van der Waals surface area (Å²) in [4.78, 5) is 4.47. The largest absolute Gasteiger partial charge is 0.329 e. The van der Waals surface area contributed by atoms with Gasteiger partial charge in [0.25, 0.3) is 0 Å². The van der Waals surface area contributed by atoms with Crippen LogP contribution in [0.2, 0.25) is 0 Å². The molecule has 3 rings (SSSR count). The summed E-state index contributed by atoms with van der Waals surface area (Å²) in [6.07, 6.45) is 0. The van der Waals surface area contributed by atoms with Gasteiger partial charge in [-0.25, -0.2) is 0 Å². The van der Waals surface area contributed by atoms with E-state index in [2.05, 4.69) is 66.0 Å². The van der Waals surface area contributed by atoms with Crippen molar-refractivity contribution in [2.45, 2.75) is 6.92 Å². The summed E-state index contributed by atoms with van der Waals surface area (Å²) in [5.41, 5.74) is 3.53. The van der Waals surface area contributed by atoms with E-state index in [1.165, 1.54) is 27.2 Å². The molecule has 0 amide bonds. The van der Waals surface area contributed by atoms with Crippen LogP contribution in [0.25, 0.3) is 21.7 Å². The average molecular weight is 236 g/mol. The van der Waals surface area contributed by atoms with Gasteiger partial charge in [0.2, 0.25) is 0 Å². The quantitative estimate of drug-likeness (QED) is 0.533. The fraction of sp³-hybridized carbons (Fsp3) is 0.188. The predicted molar refractivity (Wildman–Crippen MR) is 76.6 cm³/mol. The molecule has 18 heavy (non-hydrogen) atoms. The molecule has 0 spiro atoms. The zero-order chi connectivity index (χ0) is 12.7. The first-order valence-corrected chi connectivity index (χ1v) is 6.14. The second-order valence-corrected chi connectivity index (χ2v) is 4.62. The Bertz CT molecular complexity index is 810. The Morgan fingerprint density at radius 3 is 2.44 bits per heavy atom. The molecule has 90 valence electrons. The third-order valence-corrected chi connectivity index (χ3v) is 3.58. The molecule has 0 fully saturated rings. The molecule has 1 heterocycles. The van der Waals surface area contributed by atoms with Crippen molar-refractivity contribution in [2.24, 2.45) is 12.0 Å². The summed E-state index contributed by atoms with van der Waals surface area (Å²) in [5, 5.41) is 3.82. The molecule has 0 unspecified atom stereocenters. The lowest BCUT2D eigenvalue weighted by molar-refractivity contribution is 0.881. The molecule has 2 aromatic carbocycles. The Balaban J connectivity index is 2.77. The van der Waals surface area contributed by atoms with Crippen molar-refractivity contribution in [3.8, 4) is 0 Å². The van der Waals surface area contributed by atoms with Crippen LogP contribution in [-0.4, -0.2) is 11.6 Å². The minimum absolute atomic E-state index is 1.04. The van der Waals surface area contributed by atoms with Gasteiger partial charge in [-0.1, -0.05) is 36.4 Å². The molecule has 0 atom stereocenters. The third-order valence-electron chi connectivity index (χ3n) is 3.58. The van der Waals surface area contributed by atoms with Crippen molar-refractivity contribution in [1.82, 2.24) is 4.57 Å². The maximum atomic E-state index is 4.47. The SMILES string of the molecule is C/N=c1\c2c(C)cccc2c2ccccc2n1C. The van der Waals surface area contributed by atoms with Crippen molar-refractivity contribution < 1.29 is 0 Å². The van der Waals surface area contributed by atoms with Crippen LogP contribution in [0, 0.1) is 6.92 Å². The predicted octanol–water partition coefficient (Wildman–Crippen LogP) is 3.17. The summed E-state index contributed by atoms with van der Waals surface area (Å²) in [5.74, 6) is 0. The Kier molecular flexibility index (Phi) is 2.44. The second kappa shape index (κ2) is 3.98. The highest BCUT2D eigenvalue weighted by atomic mass is 15.0. The van der Waals surface area contributed by atoms with Gasteiger partial charge in [0.05, 0.1) is 0 Å². The lowest BCUT2D eigenvalue weighted by atomic mass is 10.0. The van der Waals surface area contributed by atoms with Crippen molar-refractivity contribution >= 4 is 21.7 Å². The van der Waals surface area contributed by atoms with E-state index in [4.69, 9.17) is 0 Å². The monoisotopic (exact) mass is 236 g/mol. The molecular weight excluding hydrogens is 220 g/mol. The fourth-order valence-electron chi connectivity index (χ4n) is 2.73. The summed E-state index contributed by atoms with van der Waals surface area (Å²) in [7, 11) is 3.94. The zero-order valence-corrected chi connectivity index (χ0v) is 10.9. The first-order chi connectivity index (χ1) is 8.74. The number of rotatable bonds is 0. The van der Waals surface area contributed by atoms with Crippen molar-refractivity contribution in [2.75, 3.05) is 7.05 Å². The molecule has 2 heteroatoms. The van der Waals surface area contributed by atoms with Crippen molar-refractivity contribution in [3.05, 3.63) is 53.5 Å². The molecule has 0 radical (unpaired) electrons. The highest BCUT2D eigenvalue weighted by molar-refractivity contribution is 6.06. The van der Waals surface area contributed by atoms with Gasteiger partial charge in [-0.15, -0.1) is 0 Å². The zero-order valence-electron chi connectivity index (χ0n) is 10.9. The Morgan fingerprint density at radius 1 is 0.944 bits per heavy atom. The van der Waals surface area contributed by atoms with E-state index < -0.39 is 0 Å². The molecule has 0 saturated heterocycles. The minimum Gasteiger partial charge on any atom is -0.329 e. The molecule has 1 aromatic heterocycles. The molecule has 0 aliphatic rings. The van der Waals surface area contributed by atoms with E-state index in [-0.39, 0.29) is 0 Å². The van der Waals surface area contributed by atoms with Crippen LogP contribution in [0.4, 0.5) is 0 Å². The van der Waals surface area contributed by atoms with Gasteiger partial charge < -0.3 is 4.57 Å². The lowest BCUT2D eigenvalue weighted by Crippen LogP contribution is -2.19. The summed E-state index contributed by atoms with van der Waals surface area (Å²) >= 11 is 0. The molecule has 0 saturated carbocycles. The average Bonchev–Trinajstić information content (AvgIpc) is 2.40. The van der Waals surface area contributed by atoms with E-state index in [1.807, 2.05) is 7.05 Å². The minimum atomic E-state index is 1.04.